The zero-order valence-electron chi connectivity index (χ0n) is 9.88. The van der Waals surface area contributed by atoms with Gasteiger partial charge < -0.3 is 5.73 Å². The van der Waals surface area contributed by atoms with Crippen LogP contribution >= 0.6 is 11.6 Å². The summed E-state index contributed by atoms with van der Waals surface area (Å²) in [4.78, 5) is 11.9. The van der Waals surface area contributed by atoms with Crippen molar-refractivity contribution in [2.75, 3.05) is 6.54 Å². The number of hydrogen-bond acceptors (Lipinski definition) is 2. The van der Waals surface area contributed by atoms with Gasteiger partial charge in [-0.1, -0.05) is 30.7 Å². The predicted octanol–water partition coefficient (Wildman–Crippen LogP) is 2.97. The lowest BCUT2D eigenvalue weighted by Gasteiger charge is -2.10. The van der Waals surface area contributed by atoms with Gasteiger partial charge in [0.15, 0.2) is 0 Å². The summed E-state index contributed by atoms with van der Waals surface area (Å²) in [5.74, 6) is -0.463. The molecule has 17 heavy (non-hydrogen) atoms. The fourth-order valence-corrected chi connectivity index (χ4v) is 1.82. The summed E-state index contributed by atoms with van der Waals surface area (Å²) in [5, 5.41) is 0.0480. The Morgan fingerprint density at radius 2 is 2.24 bits per heavy atom. The van der Waals surface area contributed by atoms with Crippen LogP contribution in [0.25, 0.3) is 0 Å². The van der Waals surface area contributed by atoms with Gasteiger partial charge in [-0.2, -0.15) is 0 Å². The zero-order valence-corrected chi connectivity index (χ0v) is 10.6. The third kappa shape index (κ3) is 4.10. The molecule has 2 nitrogen and oxygen atoms in total. The summed E-state index contributed by atoms with van der Waals surface area (Å²) in [6.07, 6.45) is 1.77. The van der Waals surface area contributed by atoms with Crippen LogP contribution in [0.4, 0.5) is 4.39 Å². The number of nitrogens with two attached hydrogens (primary N) is 1. The highest BCUT2D eigenvalue weighted by molar-refractivity contribution is 6.31. The van der Waals surface area contributed by atoms with Gasteiger partial charge >= 0.3 is 0 Å². The monoisotopic (exact) mass is 257 g/mol. The molecule has 94 valence electrons. The molecule has 0 fully saturated rings. The maximum Gasteiger partial charge on any atom is 0.142 e. The first-order valence-corrected chi connectivity index (χ1v) is 6.09. The van der Waals surface area contributed by atoms with Gasteiger partial charge in [0.25, 0.3) is 0 Å². The summed E-state index contributed by atoms with van der Waals surface area (Å²) in [7, 11) is 0. The Morgan fingerprint density at radius 3 is 2.88 bits per heavy atom. The minimum Gasteiger partial charge on any atom is -0.330 e. The maximum atomic E-state index is 13.2. The third-order valence-corrected chi connectivity index (χ3v) is 3.21. The van der Waals surface area contributed by atoms with E-state index in [4.69, 9.17) is 17.3 Å². The third-order valence-electron chi connectivity index (χ3n) is 2.79. The topological polar surface area (TPSA) is 43.1 Å². The second-order valence-corrected chi connectivity index (χ2v) is 4.57. The molecule has 1 aromatic carbocycles. The Labute approximate surface area is 106 Å². The fourth-order valence-electron chi connectivity index (χ4n) is 1.63. The fraction of sp³-hybridized carbons (Fsp3) is 0.462. The number of ketones is 1. The largest absolute Gasteiger partial charge is 0.330 e. The van der Waals surface area contributed by atoms with Gasteiger partial charge in [0, 0.05) is 12.3 Å². The molecule has 0 aromatic heterocycles. The average molecular weight is 258 g/mol. The lowest BCUT2D eigenvalue weighted by Crippen LogP contribution is -2.15. The van der Waals surface area contributed by atoms with E-state index in [9.17, 15) is 9.18 Å². The molecular formula is C13H17ClFNO. The highest BCUT2D eigenvalue weighted by Gasteiger charge is 2.15. The van der Waals surface area contributed by atoms with Crippen molar-refractivity contribution in [3.63, 3.8) is 0 Å². The van der Waals surface area contributed by atoms with E-state index in [1.54, 1.807) is 12.1 Å². The lowest BCUT2D eigenvalue weighted by molar-refractivity contribution is -0.121. The van der Waals surface area contributed by atoms with Crippen LogP contribution in [0, 0.1) is 11.7 Å². The minimum atomic E-state index is -0.480. The van der Waals surface area contributed by atoms with E-state index in [-0.39, 0.29) is 23.1 Å². The van der Waals surface area contributed by atoms with E-state index in [2.05, 4.69) is 0 Å². The van der Waals surface area contributed by atoms with Crippen LogP contribution in [0.15, 0.2) is 18.2 Å². The lowest BCUT2D eigenvalue weighted by atomic mass is 9.95. The highest BCUT2D eigenvalue weighted by atomic mass is 35.5. The van der Waals surface area contributed by atoms with Crippen molar-refractivity contribution in [2.45, 2.75) is 26.2 Å². The van der Waals surface area contributed by atoms with E-state index in [1.165, 1.54) is 6.07 Å². The van der Waals surface area contributed by atoms with Crippen LogP contribution in [0.3, 0.4) is 0 Å². The number of carbonyl (C=O) groups excluding carboxylic acids is 1. The molecule has 0 spiro atoms. The van der Waals surface area contributed by atoms with Gasteiger partial charge in [-0.15, -0.1) is 0 Å². The number of halogens is 2. The van der Waals surface area contributed by atoms with E-state index in [0.29, 0.717) is 12.1 Å². The second kappa shape index (κ2) is 6.72. The van der Waals surface area contributed by atoms with Crippen molar-refractivity contribution in [2.24, 2.45) is 11.7 Å². The Morgan fingerprint density at radius 1 is 1.53 bits per heavy atom. The maximum absolute atomic E-state index is 13.2. The molecule has 0 aliphatic carbocycles. The number of rotatable bonds is 6. The SMILES string of the molecule is CC(CCCN)C(=O)Cc1cccc(F)c1Cl. The van der Waals surface area contributed by atoms with Crippen molar-refractivity contribution in [3.05, 3.63) is 34.6 Å². The smallest absolute Gasteiger partial charge is 0.142 e. The molecule has 1 aromatic rings. The van der Waals surface area contributed by atoms with Gasteiger partial charge in [0.1, 0.15) is 11.6 Å². The molecule has 2 N–H and O–H groups in total. The summed E-state index contributed by atoms with van der Waals surface area (Å²) in [6, 6.07) is 4.53. The van der Waals surface area contributed by atoms with Crippen LogP contribution in [0.1, 0.15) is 25.3 Å². The average Bonchev–Trinajstić information content (AvgIpc) is 2.31. The summed E-state index contributed by atoms with van der Waals surface area (Å²) < 4.78 is 13.2. The van der Waals surface area contributed by atoms with Gasteiger partial charge in [-0.05, 0) is 31.0 Å². The Kier molecular flexibility index (Phi) is 5.59. The van der Waals surface area contributed by atoms with Crippen LogP contribution in [-0.4, -0.2) is 12.3 Å². The Bertz CT molecular complexity index is 395. The molecule has 0 saturated carbocycles. The van der Waals surface area contributed by atoms with Crippen LogP contribution in [0.5, 0.6) is 0 Å². The van der Waals surface area contributed by atoms with Gasteiger partial charge in [0.05, 0.1) is 5.02 Å². The van der Waals surface area contributed by atoms with Crippen molar-refractivity contribution in [3.8, 4) is 0 Å². The van der Waals surface area contributed by atoms with Gasteiger partial charge in [-0.25, -0.2) is 4.39 Å². The molecule has 0 bridgehead atoms. The molecule has 0 heterocycles. The quantitative estimate of drug-likeness (QED) is 0.851. The minimum absolute atomic E-state index is 0.0480. The molecule has 0 aliphatic rings. The zero-order chi connectivity index (χ0) is 12.8. The van der Waals surface area contributed by atoms with E-state index >= 15 is 0 Å². The second-order valence-electron chi connectivity index (χ2n) is 4.19. The molecule has 1 rings (SSSR count). The Balaban J connectivity index is 2.64. The molecule has 0 aliphatic heterocycles. The van der Waals surface area contributed by atoms with Crippen molar-refractivity contribution < 1.29 is 9.18 Å². The van der Waals surface area contributed by atoms with Crippen molar-refractivity contribution in [1.82, 2.24) is 0 Å². The number of carbonyl (C=O) groups is 1. The molecule has 0 amide bonds. The first-order chi connectivity index (χ1) is 8.06. The van der Waals surface area contributed by atoms with Crippen molar-refractivity contribution in [1.29, 1.82) is 0 Å². The highest BCUT2D eigenvalue weighted by Crippen LogP contribution is 2.21. The van der Waals surface area contributed by atoms with Crippen LogP contribution < -0.4 is 5.73 Å². The number of hydrogen-bond donors (Lipinski definition) is 1. The molecule has 4 heteroatoms. The summed E-state index contributed by atoms with van der Waals surface area (Å²) in [5.41, 5.74) is 5.94. The first-order valence-electron chi connectivity index (χ1n) is 5.72. The summed E-state index contributed by atoms with van der Waals surface area (Å²) >= 11 is 5.80. The molecule has 1 atom stereocenters. The molecule has 0 saturated heterocycles. The van der Waals surface area contributed by atoms with Crippen LogP contribution in [-0.2, 0) is 11.2 Å². The summed E-state index contributed by atoms with van der Waals surface area (Å²) in [6.45, 7) is 2.45. The molecular weight excluding hydrogens is 241 g/mol. The van der Waals surface area contributed by atoms with Crippen LogP contribution in [0.2, 0.25) is 5.02 Å². The van der Waals surface area contributed by atoms with E-state index in [1.807, 2.05) is 6.92 Å². The predicted molar refractivity (Wildman–Crippen MR) is 67.6 cm³/mol. The number of Topliss-reactive ketones (excluding diaryl/α,β-unsaturated/α-hetero) is 1. The Hall–Kier alpha value is -0.930. The standard InChI is InChI=1S/C13H17ClFNO/c1-9(4-3-7-16)12(17)8-10-5-2-6-11(15)13(10)14/h2,5-6,9H,3-4,7-8,16H2,1H3. The van der Waals surface area contributed by atoms with E-state index in [0.717, 1.165) is 12.8 Å². The van der Waals surface area contributed by atoms with Gasteiger partial charge in [-0.3, -0.25) is 4.79 Å². The van der Waals surface area contributed by atoms with Gasteiger partial charge in [0.2, 0.25) is 0 Å². The molecule has 0 radical (unpaired) electrons. The van der Waals surface area contributed by atoms with Crippen molar-refractivity contribution >= 4 is 17.4 Å². The normalized spacial score (nSPS) is 12.5. The molecule has 1 unspecified atom stereocenters. The first kappa shape index (κ1) is 14.1. The number of benzene rings is 1. The van der Waals surface area contributed by atoms with E-state index < -0.39 is 5.82 Å².